The summed E-state index contributed by atoms with van der Waals surface area (Å²) in [4.78, 5) is 26.8. The molecule has 2 aromatic carbocycles. The van der Waals surface area contributed by atoms with E-state index < -0.39 is 0 Å². The smallest absolute Gasteiger partial charge is 0.257 e. The minimum Gasteiger partial charge on any atom is -0.492 e. The molecule has 6 nitrogen and oxygen atoms in total. The molecule has 0 aromatic heterocycles. The van der Waals surface area contributed by atoms with Gasteiger partial charge in [0, 0.05) is 29.9 Å². The number of amides is 2. The van der Waals surface area contributed by atoms with Gasteiger partial charge < -0.3 is 15.0 Å². The molecule has 0 radical (unpaired) electrons. The number of carbonyl (C=O) groups excluding carboxylic acids is 2. The molecule has 0 unspecified atom stereocenters. The van der Waals surface area contributed by atoms with Gasteiger partial charge in [-0.15, -0.1) is 0 Å². The van der Waals surface area contributed by atoms with Gasteiger partial charge in [0.05, 0.1) is 11.1 Å². The Bertz CT molecular complexity index is 944. The quantitative estimate of drug-likeness (QED) is 0.411. The summed E-state index contributed by atoms with van der Waals surface area (Å²) in [6.45, 7) is 4.37. The van der Waals surface area contributed by atoms with Crippen LogP contribution in [0.1, 0.15) is 53.3 Å². The summed E-state index contributed by atoms with van der Waals surface area (Å²) in [5.74, 6) is 0.432. The fourth-order valence-corrected chi connectivity index (χ4v) is 3.93. The summed E-state index contributed by atoms with van der Waals surface area (Å²) >= 11 is 8.70. The van der Waals surface area contributed by atoms with Gasteiger partial charge in [-0.05, 0) is 89.9 Å². The van der Waals surface area contributed by atoms with E-state index in [2.05, 4.69) is 33.5 Å². The number of carbonyl (C=O) groups is 2. The Morgan fingerprint density at radius 1 is 1.10 bits per heavy atom. The third-order valence-corrected chi connectivity index (χ3v) is 5.78. The first-order valence-electron chi connectivity index (χ1n) is 10.4. The number of nitrogens with one attached hydrogen (secondary N) is 2. The van der Waals surface area contributed by atoms with Crippen molar-refractivity contribution in [3.63, 3.8) is 0 Å². The van der Waals surface area contributed by atoms with E-state index in [1.165, 1.54) is 0 Å². The van der Waals surface area contributed by atoms with Crippen LogP contribution in [0.25, 0.3) is 0 Å². The average Bonchev–Trinajstić information content (AvgIpc) is 3.30. The number of hydrogen-bond acceptors (Lipinski definition) is 4. The fourth-order valence-electron chi connectivity index (χ4n) is 3.22. The third kappa shape index (κ3) is 6.51. The van der Waals surface area contributed by atoms with Crippen molar-refractivity contribution in [1.82, 2.24) is 10.2 Å². The molecule has 0 aliphatic carbocycles. The number of ether oxygens (including phenoxy) is 1. The molecule has 0 atom stereocenters. The summed E-state index contributed by atoms with van der Waals surface area (Å²) < 4.78 is 6.40. The first-order chi connectivity index (χ1) is 15.0. The lowest BCUT2D eigenvalue weighted by molar-refractivity contribution is 0.0792. The number of halogens is 1. The van der Waals surface area contributed by atoms with Gasteiger partial charge in [0.15, 0.2) is 5.11 Å². The van der Waals surface area contributed by atoms with Crippen molar-refractivity contribution in [2.24, 2.45) is 0 Å². The van der Waals surface area contributed by atoms with Crippen LogP contribution in [0, 0.1) is 0 Å². The Kier molecular flexibility index (Phi) is 8.43. The van der Waals surface area contributed by atoms with Crippen LogP contribution in [0.2, 0.25) is 0 Å². The summed E-state index contributed by atoms with van der Waals surface area (Å²) in [6, 6.07) is 12.3. The minimum atomic E-state index is -0.320. The summed E-state index contributed by atoms with van der Waals surface area (Å²) in [7, 11) is 0. The Labute approximate surface area is 196 Å². The van der Waals surface area contributed by atoms with Gasteiger partial charge in [-0.2, -0.15) is 0 Å². The SMILES string of the molecule is CCCCOc1ccc(C(=O)NC(=S)Nc2ccc(C(=O)N3CCCC3)cc2)cc1Br. The van der Waals surface area contributed by atoms with E-state index in [1.54, 1.807) is 42.5 Å². The second-order valence-electron chi connectivity index (χ2n) is 7.33. The van der Waals surface area contributed by atoms with Crippen LogP contribution in [0.3, 0.4) is 0 Å². The highest BCUT2D eigenvalue weighted by molar-refractivity contribution is 9.10. The average molecular weight is 504 g/mol. The van der Waals surface area contributed by atoms with Crippen molar-refractivity contribution in [1.29, 1.82) is 0 Å². The number of thiocarbonyl (C=S) groups is 1. The molecule has 0 saturated carbocycles. The Balaban J connectivity index is 1.53. The number of rotatable bonds is 7. The van der Waals surface area contributed by atoms with E-state index in [0.717, 1.165) is 38.8 Å². The zero-order valence-corrected chi connectivity index (χ0v) is 19.9. The van der Waals surface area contributed by atoms with Crippen LogP contribution < -0.4 is 15.4 Å². The van der Waals surface area contributed by atoms with E-state index in [9.17, 15) is 9.59 Å². The van der Waals surface area contributed by atoms with Gasteiger partial charge in [0.2, 0.25) is 0 Å². The predicted molar refractivity (Wildman–Crippen MR) is 130 cm³/mol. The zero-order valence-electron chi connectivity index (χ0n) is 17.4. The molecular weight excluding hydrogens is 478 g/mol. The molecule has 1 fully saturated rings. The first-order valence-corrected chi connectivity index (χ1v) is 11.6. The van der Waals surface area contributed by atoms with Crippen molar-refractivity contribution in [2.45, 2.75) is 32.6 Å². The normalized spacial score (nSPS) is 13.0. The monoisotopic (exact) mass is 503 g/mol. The lowest BCUT2D eigenvalue weighted by atomic mass is 10.2. The lowest BCUT2D eigenvalue weighted by Gasteiger charge is -2.15. The van der Waals surface area contributed by atoms with E-state index in [1.807, 2.05) is 4.90 Å². The van der Waals surface area contributed by atoms with Crippen molar-refractivity contribution in [2.75, 3.05) is 25.0 Å². The molecule has 2 N–H and O–H groups in total. The maximum atomic E-state index is 12.5. The first kappa shape index (κ1) is 23.2. The molecule has 1 aliphatic heterocycles. The van der Waals surface area contributed by atoms with Gasteiger partial charge >= 0.3 is 0 Å². The molecule has 2 amide bonds. The maximum Gasteiger partial charge on any atom is 0.257 e. The third-order valence-electron chi connectivity index (χ3n) is 4.96. The van der Waals surface area contributed by atoms with Crippen LogP contribution in [-0.2, 0) is 0 Å². The molecule has 164 valence electrons. The second kappa shape index (κ2) is 11.2. The largest absolute Gasteiger partial charge is 0.492 e. The number of unbranched alkanes of at least 4 members (excludes halogenated alkanes) is 1. The Morgan fingerprint density at radius 3 is 2.42 bits per heavy atom. The number of likely N-dealkylation sites (tertiary alicyclic amines) is 1. The molecule has 31 heavy (non-hydrogen) atoms. The second-order valence-corrected chi connectivity index (χ2v) is 8.59. The van der Waals surface area contributed by atoms with Crippen LogP contribution in [-0.4, -0.2) is 41.5 Å². The van der Waals surface area contributed by atoms with Crippen molar-refractivity contribution in [3.8, 4) is 5.75 Å². The predicted octanol–water partition coefficient (Wildman–Crippen LogP) is 4.99. The number of anilines is 1. The van der Waals surface area contributed by atoms with Gasteiger partial charge in [-0.25, -0.2) is 0 Å². The topological polar surface area (TPSA) is 70.7 Å². The highest BCUT2D eigenvalue weighted by atomic mass is 79.9. The molecule has 1 heterocycles. The fraction of sp³-hybridized carbons (Fsp3) is 0.348. The summed E-state index contributed by atoms with van der Waals surface area (Å²) in [5, 5.41) is 5.83. The molecular formula is C23H26BrN3O3S. The van der Waals surface area contributed by atoms with Crippen LogP contribution in [0.15, 0.2) is 46.9 Å². The van der Waals surface area contributed by atoms with E-state index >= 15 is 0 Å². The summed E-state index contributed by atoms with van der Waals surface area (Å²) in [6.07, 6.45) is 4.15. The van der Waals surface area contributed by atoms with E-state index in [0.29, 0.717) is 33.6 Å². The van der Waals surface area contributed by atoms with Gasteiger partial charge in [-0.1, -0.05) is 13.3 Å². The molecule has 3 rings (SSSR count). The van der Waals surface area contributed by atoms with Gasteiger partial charge in [-0.3, -0.25) is 14.9 Å². The van der Waals surface area contributed by atoms with Crippen LogP contribution >= 0.6 is 28.1 Å². The zero-order chi connectivity index (χ0) is 22.2. The standard InChI is InChI=1S/C23H26BrN3O3S/c1-2-3-14-30-20-11-8-17(15-19(20)24)21(28)26-23(31)25-18-9-6-16(7-10-18)22(29)27-12-4-5-13-27/h6-11,15H,2-5,12-14H2,1H3,(H2,25,26,28,31). The number of benzene rings is 2. The highest BCUT2D eigenvalue weighted by Crippen LogP contribution is 2.26. The number of nitrogens with zero attached hydrogens (tertiary/aromatic N) is 1. The highest BCUT2D eigenvalue weighted by Gasteiger charge is 2.19. The maximum absolute atomic E-state index is 12.5. The summed E-state index contributed by atoms with van der Waals surface area (Å²) in [5.41, 5.74) is 1.81. The van der Waals surface area contributed by atoms with Gasteiger partial charge in [0.1, 0.15) is 5.75 Å². The molecule has 0 spiro atoms. The van der Waals surface area contributed by atoms with Crippen molar-refractivity contribution < 1.29 is 14.3 Å². The van der Waals surface area contributed by atoms with E-state index in [-0.39, 0.29) is 16.9 Å². The van der Waals surface area contributed by atoms with E-state index in [4.69, 9.17) is 17.0 Å². The van der Waals surface area contributed by atoms with Gasteiger partial charge in [0.25, 0.3) is 11.8 Å². The minimum absolute atomic E-state index is 0.0487. The van der Waals surface area contributed by atoms with Crippen molar-refractivity contribution >= 4 is 50.8 Å². The number of hydrogen-bond donors (Lipinski definition) is 2. The molecule has 2 aromatic rings. The molecule has 1 aliphatic rings. The van der Waals surface area contributed by atoms with Crippen LogP contribution in [0.4, 0.5) is 5.69 Å². The Hall–Kier alpha value is -2.45. The molecule has 8 heteroatoms. The molecule has 0 bridgehead atoms. The lowest BCUT2D eigenvalue weighted by Crippen LogP contribution is -2.34. The van der Waals surface area contributed by atoms with Crippen LogP contribution in [0.5, 0.6) is 5.75 Å². The molecule has 1 saturated heterocycles. The Morgan fingerprint density at radius 2 is 1.77 bits per heavy atom. The van der Waals surface area contributed by atoms with Crippen molar-refractivity contribution in [3.05, 3.63) is 58.1 Å².